The number of anilines is 3. The highest BCUT2D eigenvalue weighted by atomic mass is 15.4. The molecule has 10 nitrogen and oxygen atoms in total. The number of nitrogens with one attached hydrogen (secondary N) is 1. The quantitative estimate of drug-likeness (QED) is 0.422. The summed E-state index contributed by atoms with van der Waals surface area (Å²) in [7, 11) is 0. The molecule has 32 heavy (non-hydrogen) atoms. The molecule has 1 aromatic carbocycles. The predicted octanol–water partition coefficient (Wildman–Crippen LogP) is -0.170. The van der Waals surface area contributed by atoms with Gasteiger partial charge in [-0.3, -0.25) is 0 Å². The molecular formula is C22H36N10. The van der Waals surface area contributed by atoms with E-state index >= 15 is 0 Å². The summed E-state index contributed by atoms with van der Waals surface area (Å²) < 4.78 is 0. The van der Waals surface area contributed by atoms with Crippen LogP contribution in [0.1, 0.15) is 29.5 Å². The standard InChI is InChI=1S/C22H36N10/c1-13-3-4-15(14(2)5-13)8-27-20-28-21(31-9-16(23)6-17(24)10-31)30-22(29-20)32-11-18(25)7-19(26)12-32/h3-5,16-19H,6-12,23-26H2,1-2H3,(H,27,28,29,30)/t16-,17+,18-,19+. The maximum atomic E-state index is 6.22. The number of rotatable bonds is 5. The minimum Gasteiger partial charge on any atom is -0.350 e. The fourth-order valence-corrected chi connectivity index (χ4v) is 4.62. The fraction of sp³-hybridized carbons (Fsp3) is 0.591. The van der Waals surface area contributed by atoms with Gasteiger partial charge in [0.2, 0.25) is 17.8 Å². The van der Waals surface area contributed by atoms with E-state index in [1.54, 1.807) is 0 Å². The van der Waals surface area contributed by atoms with Crippen molar-refractivity contribution >= 4 is 17.8 Å². The van der Waals surface area contributed by atoms with Crippen LogP contribution in [0, 0.1) is 13.8 Å². The second-order valence-electron chi connectivity index (χ2n) is 9.36. The maximum Gasteiger partial charge on any atom is 0.232 e. The van der Waals surface area contributed by atoms with Crippen molar-refractivity contribution in [3.8, 4) is 0 Å². The largest absolute Gasteiger partial charge is 0.350 e. The number of hydrogen-bond acceptors (Lipinski definition) is 10. The van der Waals surface area contributed by atoms with E-state index in [0.29, 0.717) is 50.6 Å². The monoisotopic (exact) mass is 440 g/mol. The molecule has 2 saturated heterocycles. The van der Waals surface area contributed by atoms with Crippen LogP contribution in [0.15, 0.2) is 18.2 Å². The zero-order chi connectivity index (χ0) is 22.8. The van der Waals surface area contributed by atoms with Gasteiger partial charge in [0.05, 0.1) is 0 Å². The Bertz CT molecular complexity index is 871. The van der Waals surface area contributed by atoms with E-state index in [9.17, 15) is 0 Å². The van der Waals surface area contributed by atoms with Gasteiger partial charge in [-0.05, 0) is 37.8 Å². The Morgan fingerprint density at radius 2 is 1.31 bits per heavy atom. The second-order valence-corrected chi connectivity index (χ2v) is 9.36. The van der Waals surface area contributed by atoms with Gasteiger partial charge >= 0.3 is 0 Å². The third-order valence-corrected chi connectivity index (χ3v) is 6.14. The summed E-state index contributed by atoms with van der Waals surface area (Å²) >= 11 is 0. The third-order valence-electron chi connectivity index (χ3n) is 6.14. The summed E-state index contributed by atoms with van der Waals surface area (Å²) in [4.78, 5) is 18.3. The molecular weight excluding hydrogens is 404 g/mol. The predicted molar refractivity (Wildman–Crippen MR) is 129 cm³/mol. The molecule has 0 bridgehead atoms. The summed E-state index contributed by atoms with van der Waals surface area (Å²) in [6, 6.07) is 6.37. The van der Waals surface area contributed by atoms with E-state index in [0.717, 1.165) is 12.8 Å². The zero-order valence-corrected chi connectivity index (χ0v) is 19.0. The normalized spacial score (nSPS) is 26.3. The Morgan fingerprint density at radius 1 is 0.812 bits per heavy atom. The van der Waals surface area contributed by atoms with Gasteiger partial charge in [0.1, 0.15) is 0 Å². The second kappa shape index (κ2) is 9.53. The van der Waals surface area contributed by atoms with Crippen LogP contribution in [0.25, 0.3) is 0 Å². The number of nitrogens with two attached hydrogens (primary N) is 4. The number of hydrogen-bond donors (Lipinski definition) is 5. The van der Waals surface area contributed by atoms with Crippen LogP contribution in [0.5, 0.6) is 0 Å². The van der Waals surface area contributed by atoms with Gasteiger partial charge in [0.25, 0.3) is 0 Å². The topological polar surface area (TPSA) is 161 Å². The third kappa shape index (κ3) is 5.44. The molecule has 0 amide bonds. The number of aryl methyl sites for hydroxylation is 2. The van der Waals surface area contributed by atoms with Gasteiger partial charge in [-0.25, -0.2) is 0 Å². The van der Waals surface area contributed by atoms with Crippen LogP contribution in [0.3, 0.4) is 0 Å². The van der Waals surface area contributed by atoms with Crippen molar-refractivity contribution in [2.75, 3.05) is 41.3 Å². The lowest BCUT2D eigenvalue weighted by Gasteiger charge is -2.37. The Balaban J connectivity index is 1.62. The highest BCUT2D eigenvalue weighted by molar-refractivity contribution is 5.47. The number of piperidine rings is 2. The first kappa shape index (κ1) is 22.7. The van der Waals surface area contributed by atoms with Gasteiger partial charge in [0.15, 0.2) is 0 Å². The van der Waals surface area contributed by atoms with Crippen LogP contribution in [0.4, 0.5) is 17.8 Å². The summed E-state index contributed by atoms with van der Waals surface area (Å²) in [5, 5.41) is 3.38. The van der Waals surface area contributed by atoms with Gasteiger partial charge in [-0.1, -0.05) is 23.8 Å². The van der Waals surface area contributed by atoms with Gasteiger partial charge in [0, 0.05) is 56.9 Å². The van der Waals surface area contributed by atoms with E-state index in [4.69, 9.17) is 37.9 Å². The smallest absolute Gasteiger partial charge is 0.232 e. The van der Waals surface area contributed by atoms with Crippen LogP contribution in [0.2, 0.25) is 0 Å². The van der Waals surface area contributed by atoms with Crippen molar-refractivity contribution in [3.05, 3.63) is 34.9 Å². The Kier molecular flexibility index (Phi) is 6.75. The van der Waals surface area contributed by atoms with E-state index in [2.05, 4.69) is 47.2 Å². The van der Waals surface area contributed by atoms with Gasteiger partial charge in [-0.2, -0.15) is 15.0 Å². The van der Waals surface area contributed by atoms with E-state index in [1.807, 2.05) is 0 Å². The number of aromatic nitrogens is 3. The van der Waals surface area contributed by atoms with Crippen molar-refractivity contribution in [1.29, 1.82) is 0 Å². The molecule has 0 saturated carbocycles. The number of nitrogens with zero attached hydrogens (tertiary/aromatic N) is 5. The molecule has 2 fully saturated rings. The first-order valence-corrected chi connectivity index (χ1v) is 11.3. The highest BCUT2D eigenvalue weighted by Gasteiger charge is 2.28. The summed E-state index contributed by atoms with van der Waals surface area (Å²) in [5.74, 6) is 1.68. The molecule has 9 N–H and O–H groups in total. The molecule has 4 rings (SSSR count). The molecule has 1 aromatic heterocycles. The summed E-state index contributed by atoms with van der Waals surface area (Å²) in [6.07, 6.45) is 1.59. The molecule has 0 radical (unpaired) electrons. The minimum atomic E-state index is -0.0117. The first-order valence-electron chi connectivity index (χ1n) is 11.3. The lowest BCUT2D eigenvalue weighted by atomic mass is 10.0. The fourth-order valence-electron chi connectivity index (χ4n) is 4.62. The van der Waals surface area contributed by atoms with Crippen molar-refractivity contribution < 1.29 is 0 Å². The molecule has 2 aliphatic rings. The number of benzene rings is 1. The van der Waals surface area contributed by atoms with Crippen LogP contribution >= 0.6 is 0 Å². The van der Waals surface area contributed by atoms with Gasteiger partial charge in [-0.15, -0.1) is 0 Å². The lowest BCUT2D eigenvalue weighted by Crippen LogP contribution is -2.54. The molecule has 2 aliphatic heterocycles. The van der Waals surface area contributed by atoms with Crippen LogP contribution in [-0.4, -0.2) is 65.3 Å². The Labute approximate surface area is 189 Å². The lowest BCUT2D eigenvalue weighted by molar-refractivity contribution is 0.441. The Morgan fingerprint density at radius 3 is 1.78 bits per heavy atom. The van der Waals surface area contributed by atoms with Crippen molar-refractivity contribution in [3.63, 3.8) is 0 Å². The molecule has 0 unspecified atom stereocenters. The van der Waals surface area contributed by atoms with Crippen molar-refractivity contribution in [2.24, 2.45) is 22.9 Å². The molecule has 3 heterocycles. The molecule has 0 spiro atoms. The first-order chi connectivity index (χ1) is 15.3. The SMILES string of the molecule is Cc1ccc(CNc2nc(N3C[C@H](N)C[C@H](N)C3)nc(N3C[C@H](N)C[C@H](N)C3)n2)c(C)c1. The Hall–Kier alpha value is -2.53. The molecule has 2 aromatic rings. The molecule has 174 valence electrons. The minimum absolute atomic E-state index is 0.0117. The molecule has 4 atom stereocenters. The van der Waals surface area contributed by atoms with Crippen LogP contribution < -0.4 is 38.1 Å². The van der Waals surface area contributed by atoms with Crippen LogP contribution in [-0.2, 0) is 6.54 Å². The van der Waals surface area contributed by atoms with Crippen molar-refractivity contribution in [1.82, 2.24) is 15.0 Å². The van der Waals surface area contributed by atoms with E-state index < -0.39 is 0 Å². The van der Waals surface area contributed by atoms with E-state index in [-0.39, 0.29) is 24.2 Å². The zero-order valence-electron chi connectivity index (χ0n) is 19.0. The summed E-state index contributed by atoms with van der Waals surface area (Å²) in [5.41, 5.74) is 28.5. The van der Waals surface area contributed by atoms with E-state index in [1.165, 1.54) is 16.7 Å². The summed E-state index contributed by atoms with van der Waals surface area (Å²) in [6.45, 7) is 7.46. The highest BCUT2D eigenvalue weighted by Crippen LogP contribution is 2.22. The average Bonchev–Trinajstić information content (AvgIpc) is 2.71. The molecule has 0 aliphatic carbocycles. The maximum absolute atomic E-state index is 6.22. The molecule has 10 heteroatoms. The van der Waals surface area contributed by atoms with Crippen molar-refractivity contribution in [2.45, 2.75) is 57.4 Å². The van der Waals surface area contributed by atoms with Gasteiger partial charge < -0.3 is 38.1 Å². The average molecular weight is 441 g/mol.